The van der Waals surface area contributed by atoms with E-state index >= 15 is 0 Å². The molecule has 0 aromatic heterocycles. The van der Waals surface area contributed by atoms with Crippen LogP contribution in [0.15, 0.2) is 84.0 Å². The van der Waals surface area contributed by atoms with Gasteiger partial charge >= 0.3 is 11.8 Å². The SMILES string of the molecule is CCOc1ccccc1NC(=O)C(=O)N/N=C\c1ccccc1OCc1ccccc1. The summed E-state index contributed by atoms with van der Waals surface area (Å²) in [5.74, 6) is -0.651. The molecular formula is C24H23N3O4. The van der Waals surface area contributed by atoms with E-state index in [4.69, 9.17) is 9.47 Å². The van der Waals surface area contributed by atoms with Crippen LogP contribution in [0.2, 0.25) is 0 Å². The van der Waals surface area contributed by atoms with Gasteiger partial charge in [-0.05, 0) is 36.8 Å². The molecule has 2 N–H and O–H groups in total. The Morgan fingerprint density at radius 3 is 2.29 bits per heavy atom. The lowest BCUT2D eigenvalue weighted by molar-refractivity contribution is -0.136. The molecule has 0 saturated heterocycles. The molecule has 0 aliphatic carbocycles. The zero-order chi connectivity index (χ0) is 21.9. The Kier molecular flexibility index (Phi) is 7.77. The van der Waals surface area contributed by atoms with E-state index in [0.717, 1.165) is 5.56 Å². The van der Waals surface area contributed by atoms with Gasteiger partial charge in [-0.3, -0.25) is 9.59 Å². The van der Waals surface area contributed by atoms with Gasteiger partial charge in [0, 0.05) is 5.56 Å². The smallest absolute Gasteiger partial charge is 0.329 e. The monoisotopic (exact) mass is 417 g/mol. The third kappa shape index (κ3) is 6.43. The quantitative estimate of drug-likeness (QED) is 0.332. The molecule has 0 heterocycles. The molecule has 0 saturated carbocycles. The first-order valence-electron chi connectivity index (χ1n) is 9.79. The van der Waals surface area contributed by atoms with E-state index in [0.29, 0.717) is 36.0 Å². The molecule has 0 unspecified atom stereocenters. The summed E-state index contributed by atoms with van der Waals surface area (Å²) in [6, 6.07) is 23.9. The molecule has 2 amide bonds. The maximum atomic E-state index is 12.2. The maximum Gasteiger partial charge on any atom is 0.329 e. The van der Waals surface area contributed by atoms with E-state index in [-0.39, 0.29) is 0 Å². The summed E-state index contributed by atoms with van der Waals surface area (Å²) in [5.41, 5.74) is 4.34. The Balaban J connectivity index is 1.58. The second kappa shape index (κ2) is 11.2. The molecule has 31 heavy (non-hydrogen) atoms. The lowest BCUT2D eigenvalue weighted by atomic mass is 10.2. The molecule has 0 bridgehead atoms. The van der Waals surface area contributed by atoms with Gasteiger partial charge in [0.1, 0.15) is 18.1 Å². The number of amides is 2. The Morgan fingerprint density at radius 2 is 1.52 bits per heavy atom. The van der Waals surface area contributed by atoms with Gasteiger partial charge in [-0.25, -0.2) is 5.43 Å². The summed E-state index contributed by atoms with van der Waals surface area (Å²) < 4.78 is 11.3. The van der Waals surface area contributed by atoms with Crippen LogP contribution in [-0.2, 0) is 16.2 Å². The third-order valence-electron chi connectivity index (χ3n) is 4.17. The first-order valence-corrected chi connectivity index (χ1v) is 9.79. The minimum absolute atomic E-state index is 0.402. The highest BCUT2D eigenvalue weighted by molar-refractivity contribution is 6.39. The van der Waals surface area contributed by atoms with Gasteiger partial charge in [-0.2, -0.15) is 5.10 Å². The molecule has 0 aliphatic heterocycles. The molecule has 7 heteroatoms. The van der Waals surface area contributed by atoms with Gasteiger partial charge in [0.2, 0.25) is 0 Å². The molecule has 3 rings (SSSR count). The molecule has 0 spiro atoms. The van der Waals surface area contributed by atoms with E-state index in [1.165, 1.54) is 6.21 Å². The second-order valence-corrected chi connectivity index (χ2v) is 6.39. The minimum atomic E-state index is -0.898. The van der Waals surface area contributed by atoms with E-state index in [2.05, 4.69) is 15.8 Å². The second-order valence-electron chi connectivity index (χ2n) is 6.39. The van der Waals surface area contributed by atoms with E-state index in [9.17, 15) is 9.59 Å². The standard InChI is InChI=1S/C24H23N3O4/c1-2-30-22-15-9-7-13-20(22)26-23(28)24(29)27-25-16-19-12-6-8-14-21(19)31-17-18-10-4-3-5-11-18/h3-16H,2,17H2,1H3,(H,26,28)(H,27,29)/b25-16-. The molecule has 0 atom stereocenters. The average molecular weight is 417 g/mol. The zero-order valence-corrected chi connectivity index (χ0v) is 17.1. The molecule has 0 aliphatic rings. The van der Waals surface area contributed by atoms with Crippen molar-refractivity contribution < 1.29 is 19.1 Å². The van der Waals surface area contributed by atoms with Crippen molar-refractivity contribution in [1.29, 1.82) is 0 Å². The number of hydrogen-bond acceptors (Lipinski definition) is 5. The van der Waals surface area contributed by atoms with Crippen molar-refractivity contribution in [2.45, 2.75) is 13.5 Å². The average Bonchev–Trinajstić information content (AvgIpc) is 2.80. The summed E-state index contributed by atoms with van der Waals surface area (Å²) in [6.45, 7) is 2.68. The number of hydrogen-bond donors (Lipinski definition) is 2. The molecular weight excluding hydrogens is 394 g/mol. The molecule has 0 radical (unpaired) electrons. The Bertz CT molecular complexity index is 1050. The van der Waals surface area contributed by atoms with Gasteiger partial charge in [0.05, 0.1) is 18.5 Å². The number of ether oxygens (including phenoxy) is 2. The highest BCUT2D eigenvalue weighted by Gasteiger charge is 2.15. The van der Waals surface area contributed by atoms with Crippen molar-refractivity contribution in [1.82, 2.24) is 5.43 Å². The van der Waals surface area contributed by atoms with Gasteiger partial charge in [0.15, 0.2) is 0 Å². The molecule has 0 fully saturated rings. The number of carbonyl (C=O) groups excluding carboxylic acids is 2. The summed E-state index contributed by atoms with van der Waals surface area (Å²) in [6.07, 6.45) is 1.43. The van der Waals surface area contributed by atoms with E-state index in [1.54, 1.807) is 30.3 Å². The number of carbonyl (C=O) groups is 2. The number of hydrazone groups is 1. The lowest BCUT2D eigenvalue weighted by Crippen LogP contribution is -2.32. The number of benzene rings is 3. The fourth-order valence-corrected chi connectivity index (χ4v) is 2.70. The van der Waals surface area contributed by atoms with Gasteiger partial charge in [0.25, 0.3) is 0 Å². The maximum absolute atomic E-state index is 12.2. The number of anilines is 1. The van der Waals surface area contributed by atoms with Gasteiger partial charge in [-0.15, -0.1) is 0 Å². The fourth-order valence-electron chi connectivity index (χ4n) is 2.70. The first kappa shape index (κ1) is 21.6. The predicted octanol–water partition coefficient (Wildman–Crippen LogP) is 3.75. The highest BCUT2D eigenvalue weighted by Crippen LogP contribution is 2.23. The Hall–Kier alpha value is -4.13. The van der Waals surface area contributed by atoms with Crippen LogP contribution >= 0.6 is 0 Å². The van der Waals surface area contributed by atoms with Crippen LogP contribution in [0.4, 0.5) is 5.69 Å². The molecule has 158 valence electrons. The van der Waals surface area contributed by atoms with Crippen LogP contribution in [0.1, 0.15) is 18.1 Å². The summed E-state index contributed by atoms with van der Waals surface area (Å²) in [5, 5.41) is 6.40. The highest BCUT2D eigenvalue weighted by atomic mass is 16.5. The fraction of sp³-hybridized carbons (Fsp3) is 0.125. The van der Waals surface area contributed by atoms with Crippen molar-refractivity contribution in [2.75, 3.05) is 11.9 Å². The van der Waals surface area contributed by atoms with E-state index in [1.807, 2.05) is 55.5 Å². The number of nitrogens with one attached hydrogen (secondary N) is 2. The van der Waals surface area contributed by atoms with Crippen molar-refractivity contribution in [3.05, 3.63) is 90.0 Å². The normalized spacial score (nSPS) is 10.5. The van der Waals surface area contributed by atoms with Crippen molar-refractivity contribution in [3.63, 3.8) is 0 Å². The number of nitrogens with zero attached hydrogens (tertiary/aromatic N) is 1. The predicted molar refractivity (Wildman–Crippen MR) is 119 cm³/mol. The van der Waals surface area contributed by atoms with Crippen LogP contribution in [0.3, 0.4) is 0 Å². The van der Waals surface area contributed by atoms with E-state index < -0.39 is 11.8 Å². The zero-order valence-electron chi connectivity index (χ0n) is 17.1. The topological polar surface area (TPSA) is 89.0 Å². The number of rotatable bonds is 8. The number of para-hydroxylation sites is 3. The third-order valence-corrected chi connectivity index (χ3v) is 4.17. The minimum Gasteiger partial charge on any atom is -0.492 e. The Morgan fingerprint density at radius 1 is 0.839 bits per heavy atom. The summed E-state index contributed by atoms with van der Waals surface area (Å²) >= 11 is 0. The van der Waals surface area contributed by atoms with Crippen LogP contribution in [-0.4, -0.2) is 24.6 Å². The van der Waals surface area contributed by atoms with Gasteiger partial charge < -0.3 is 14.8 Å². The molecule has 3 aromatic rings. The van der Waals surface area contributed by atoms with Crippen molar-refractivity contribution in [3.8, 4) is 11.5 Å². The molecule has 7 nitrogen and oxygen atoms in total. The van der Waals surface area contributed by atoms with Crippen LogP contribution in [0, 0.1) is 0 Å². The molecule has 3 aromatic carbocycles. The van der Waals surface area contributed by atoms with Crippen LogP contribution < -0.4 is 20.2 Å². The van der Waals surface area contributed by atoms with Crippen LogP contribution in [0.5, 0.6) is 11.5 Å². The van der Waals surface area contributed by atoms with Crippen LogP contribution in [0.25, 0.3) is 0 Å². The van der Waals surface area contributed by atoms with Crippen molar-refractivity contribution >= 4 is 23.7 Å². The largest absolute Gasteiger partial charge is 0.492 e. The summed E-state index contributed by atoms with van der Waals surface area (Å²) in [7, 11) is 0. The summed E-state index contributed by atoms with van der Waals surface area (Å²) in [4.78, 5) is 24.3. The first-order chi connectivity index (χ1) is 15.2. The Labute approximate surface area is 180 Å². The lowest BCUT2D eigenvalue weighted by Gasteiger charge is -2.10. The van der Waals surface area contributed by atoms with Gasteiger partial charge in [-0.1, -0.05) is 54.6 Å². The van der Waals surface area contributed by atoms with Crippen molar-refractivity contribution in [2.24, 2.45) is 5.10 Å².